The molecule has 3 nitrogen and oxygen atoms in total. The van der Waals surface area contributed by atoms with Crippen LogP contribution < -0.4 is 5.32 Å². The average molecular weight is 318 g/mol. The maximum absolute atomic E-state index is 4.77. The normalized spacial score (nSPS) is 14.2. The second-order valence-corrected chi connectivity index (χ2v) is 5.53. The van der Waals surface area contributed by atoms with Crippen LogP contribution in [0.1, 0.15) is 23.9 Å². The van der Waals surface area contributed by atoms with Crippen LogP contribution in [-0.4, -0.2) is 16.5 Å². The topological polar surface area (TPSA) is 37.8 Å². The zero-order valence-corrected chi connectivity index (χ0v) is 12.5. The number of aromatic nitrogens is 2. The first kappa shape index (κ1) is 12.8. The largest absolute Gasteiger partial charge is 0.312 e. The minimum atomic E-state index is 0.838. The van der Waals surface area contributed by atoms with Crippen molar-refractivity contribution in [1.82, 2.24) is 15.3 Å². The summed E-state index contributed by atoms with van der Waals surface area (Å²) in [5.74, 6) is 0.838. The summed E-state index contributed by atoms with van der Waals surface area (Å²) in [7, 11) is 0. The molecule has 2 heterocycles. The molecule has 19 heavy (non-hydrogen) atoms. The molecular weight excluding hydrogens is 302 g/mol. The monoisotopic (exact) mass is 317 g/mol. The summed E-state index contributed by atoms with van der Waals surface area (Å²) in [6.07, 6.45) is 1.94. The zero-order valence-electron chi connectivity index (χ0n) is 10.9. The predicted octanol–water partition coefficient (Wildman–Crippen LogP) is 3.11. The van der Waals surface area contributed by atoms with Crippen LogP contribution in [-0.2, 0) is 19.4 Å². The van der Waals surface area contributed by atoms with Gasteiger partial charge in [-0.25, -0.2) is 9.97 Å². The highest BCUT2D eigenvalue weighted by Crippen LogP contribution is 2.27. The number of benzene rings is 1. The molecular formula is C15H16BrN3. The van der Waals surface area contributed by atoms with Gasteiger partial charge < -0.3 is 5.32 Å². The van der Waals surface area contributed by atoms with Crippen molar-refractivity contribution in [2.45, 2.75) is 26.3 Å². The van der Waals surface area contributed by atoms with Crippen molar-refractivity contribution >= 4 is 15.9 Å². The van der Waals surface area contributed by atoms with E-state index in [4.69, 9.17) is 9.97 Å². The number of nitrogens with one attached hydrogen (secondary N) is 1. The molecule has 0 aliphatic carbocycles. The molecule has 0 saturated carbocycles. The molecule has 98 valence electrons. The quantitative estimate of drug-likeness (QED) is 0.924. The van der Waals surface area contributed by atoms with Crippen LogP contribution in [0.25, 0.3) is 11.4 Å². The van der Waals surface area contributed by atoms with Gasteiger partial charge in [0.05, 0.1) is 5.69 Å². The van der Waals surface area contributed by atoms with Gasteiger partial charge in [-0.05, 0) is 12.5 Å². The highest BCUT2D eigenvalue weighted by atomic mass is 79.9. The summed E-state index contributed by atoms with van der Waals surface area (Å²) in [4.78, 5) is 9.53. The standard InChI is InChI=1S/C15H16BrN3/c1-2-13-11-9-17-8-7-14(11)19-15(18-13)10-5-3-4-6-12(10)16/h3-6,17H,2,7-9H2,1H3. The summed E-state index contributed by atoms with van der Waals surface area (Å²) in [6, 6.07) is 8.13. The van der Waals surface area contributed by atoms with Crippen molar-refractivity contribution in [3.63, 3.8) is 0 Å². The molecule has 1 aliphatic heterocycles. The Bertz CT molecular complexity index is 593. The molecule has 0 radical (unpaired) electrons. The van der Waals surface area contributed by atoms with E-state index < -0.39 is 0 Å². The fourth-order valence-corrected chi connectivity index (χ4v) is 2.93. The molecule has 0 bridgehead atoms. The average Bonchev–Trinajstić information content (AvgIpc) is 2.46. The van der Waals surface area contributed by atoms with Crippen LogP contribution in [0.5, 0.6) is 0 Å². The van der Waals surface area contributed by atoms with Gasteiger partial charge in [-0.2, -0.15) is 0 Å². The Morgan fingerprint density at radius 1 is 1.26 bits per heavy atom. The van der Waals surface area contributed by atoms with E-state index in [1.54, 1.807) is 0 Å². The lowest BCUT2D eigenvalue weighted by molar-refractivity contribution is 0.618. The van der Waals surface area contributed by atoms with Crippen molar-refractivity contribution in [3.05, 3.63) is 45.7 Å². The van der Waals surface area contributed by atoms with E-state index in [1.807, 2.05) is 18.2 Å². The van der Waals surface area contributed by atoms with Gasteiger partial charge in [0.15, 0.2) is 5.82 Å². The van der Waals surface area contributed by atoms with Gasteiger partial charge in [0.2, 0.25) is 0 Å². The highest BCUT2D eigenvalue weighted by Gasteiger charge is 2.17. The number of halogens is 1. The number of fused-ring (bicyclic) bond motifs is 1. The fraction of sp³-hybridized carbons (Fsp3) is 0.333. The molecule has 1 aliphatic rings. The third-order valence-electron chi connectivity index (χ3n) is 3.47. The van der Waals surface area contributed by atoms with Gasteiger partial charge in [0, 0.05) is 40.8 Å². The van der Waals surface area contributed by atoms with E-state index in [1.165, 1.54) is 17.0 Å². The lowest BCUT2D eigenvalue weighted by Gasteiger charge is -2.19. The van der Waals surface area contributed by atoms with E-state index >= 15 is 0 Å². The van der Waals surface area contributed by atoms with E-state index in [9.17, 15) is 0 Å². The highest BCUT2D eigenvalue weighted by molar-refractivity contribution is 9.10. The number of aryl methyl sites for hydroxylation is 1. The van der Waals surface area contributed by atoms with Crippen LogP contribution in [0.3, 0.4) is 0 Å². The number of hydrogen-bond donors (Lipinski definition) is 1. The summed E-state index contributed by atoms with van der Waals surface area (Å²) in [6.45, 7) is 4.05. The van der Waals surface area contributed by atoms with Gasteiger partial charge >= 0.3 is 0 Å². The van der Waals surface area contributed by atoms with Crippen LogP contribution in [0.4, 0.5) is 0 Å². The zero-order chi connectivity index (χ0) is 13.2. The summed E-state index contributed by atoms with van der Waals surface area (Å²) in [5.41, 5.74) is 4.74. The summed E-state index contributed by atoms with van der Waals surface area (Å²) >= 11 is 3.58. The molecule has 1 aromatic heterocycles. The van der Waals surface area contributed by atoms with Crippen LogP contribution in [0.15, 0.2) is 28.7 Å². The SMILES string of the molecule is CCc1nc(-c2ccccc2Br)nc2c1CNCC2. The van der Waals surface area contributed by atoms with E-state index in [0.29, 0.717) is 0 Å². The Balaban J connectivity index is 2.15. The van der Waals surface area contributed by atoms with Gasteiger partial charge in [-0.15, -0.1) is 0 Å². The van der Waals surface area contributed by atoms with E-state index in [2.05, 4.69) is 34.2 Å². The van der Waals surface area contributed by atoms with Gasteiger partial charge in [-0.3, -0.25) is 0 Å². The van der Waals surface area contributed by atoms with Gasteiger partial charge in [0.1, 0.15) is 0 Å². The number of hydrogen-bond acceptors (Lipinski definition) is 3. The molecule has 0 amide bonds. The van der Waals surface area contributed by atoms with E-state index in [-0.39, 0.29) is 0 Å². The predicted molar refractivity (Wildman–Crippen MR) is 80.0 cm³/mol. The second-order valence-electron chi connectivity index (χ2n) is 4.68. The fourth-order valence-electron chi connectivity index (χ4n) is 2.47. The van der Waals surface area contributed by atoms with Crippen molar-refractivity contribution in [1.29, 1.82) is 0 Å². The minimum Gasteiger partial charge on any atom is -0.312 e. The molecule has 0 atom stereocenters. The first-order chi connectivity index (χ1) is 9.29. The van der Waals surface area contributed by atoms with Crippen molar-refractivity contribution < 1.29 is 0 Å². The van der Waals surface area contributed by atoms with Crippen molar-refractivity contribution in [2.75, 3.05) is 6.54 Å². The first-order valence-corrected chi connectivity index (χ1v) is 7.43. The summed E-state index contributed by atoms with van der Waals surface area (Å²) < 4.78 is 1.05. The minimum absolute atomic E-state index is 0.838. The molecule has 4 heteroatoms. The van der Waals surface area contributed by atoms with Gasteiger partial charge in [-0.1, -0.05) is 41.1 Å². The third-order valence-corrected chi connectivity index (χ3v) is 4.16. The Kier molecular flexibility index (Phi) is 3.62. The van der Waals surface area contributed by atoms with E-state index in [0.717, 1.165) is 41.8 Å². The molecule has 0 saturated heterocycles. The molecule has 0 fully saturated rings. The molecule has 0 spiro atoms. The lowest BCUT2D eigenvalue weighted by Crippen LogP contribution is -2.26. The smallest absolute Gasteiger partial charge is 0.160 e. The Hall–Kier alpha value is -1.26. The molecule has 3 rings (SSSR count). The first-order valence-electron chi connectivity index (χ1n) is 6.64. The Labute approximate surface area is 121 Å². The van der Waals surface area contributed by atoms with Crippen molar-refractivity contribution in [2.24, 2.45) is 0 Å². The van der Waals surface area contributed by atoms with Gasteiger partial charge in [0.25, 0.3) is 0 Å². The van der Waals surface area contributed by atoms with Crippen molar-refractivity contribution in [3.8, 4) is 11.4 Å². The Morgan fingerprint density at radius 3 is 2.89 bits per heavy atom. The maximum Gasteiger partial charge on any atom is 0.160 e. The van der Waals surface area contributed by atoms with Crippen LogP contribution in [0.2, 0.25) is 0 Å². The molecule has 0 unspecified atom stereocenters. The van der Waals surface area contributed by atoms with Crippen LogP contribution >= 0.6 is 15.9 Å². The molecule has 1 aromatic carbocycles. The second kappa shape index (κ2) is 5.39. The Morgan fingerprint density at radius 2 is 2.11 bits per heavy atom. The maximum atomic E-state index is 4.77. The molecule has 1 N–H and O–H groups in total. The lowest BCUT2D eigenvalue weighted by atomic mass is 10.0. The molecule has 2 aromatic rings. The summed E-state index contributed by atoms with van der Waals surface area (Å²) in [5, 5.41) is 3.40. The number of nitrogens with zero attached hydrogens (tertiary/aromatic N) is 2. The number of rotatable bonds is 2. The third kappa shape index (κ3) is 2.42. The van der Waals surface area contributed by atoms with Crippen LogP contribution in [0, 0.1) is 0 Å².